The molecule has 0 bridgehead atoms. The molecule has 0 saturated carbocycles. The van der Waals surface area contributed by atoms with Crippen molar-refractivity contribution in [2.24, 2.45) is 0 Å². The Morgan fingerprint density at radius 3 is 2.95 bits per heavy atom. The van der Waals surface area contributed by atoms with E-state index in [1.165, 1.54) is 0 Å². The quantitative estimate of drug-likeness (QED) is 0.677. The normalized spacial score (nSPS) is 26.6. The number of ether oxygens (including phenoxy) is 1. The number of nitrogens with two attached hydrogens (primary N) is 1. The van der Waals surface area contributed by atoms with Crippen LogP contribution in [0.2, 0.25) is 0 Å². The van der Waals surface area contributed by atoms with E-state index in [0.29, 0.717) is 0 Å². The highest BCUT2D eigenvalue weighted by atomic mass is 19.1. The number of rotatable bonds is 3. The molecule has 104 valence electrons. The van der Waals surface area contributed by atoms with Crippen molar-refractivity contribution in [1.29, 1.82) is 0 Å². The lowest BCUT2D eigenvalue weighted by molar-refractivity contribution is -0.0458. The second-order valence-electron chi connectivity index (χ2n) is 4.25. The number of hydrogen-bond donors (Lipinski definition) is 3. The van der Waals surface area contributed by atoms with Crippen LogP contribution in [0.3, 0.4) is 0 Å². The minimum Gasteiger partial charge on any atom is -0.394 e. The smallest absolute Gasteiger partial charge is 0.351 e. The number of nitrogen functional groups attached to an aromatic ring is 1. The number of aromatic nitrogens is 2. The standard InChI is InChI=1S/C11H14FN3O4/c1-5(12)6-3-15(11(18)14-10(6)13)9-2-7(17)8(4-16)19-9/h3,7-9,16-17H,1-2,4H2,(H2,13,14,18)/t7-,8+,9+/m1/s1. The van der Waals surface area contributed by atoms with E-state index in [9.17, 15) is 14.3 Å². The SMILES string of the molecule is C=C(F)c1cn([C@@H]2C[C@@H](O)[C@H](CO)O2)c(=O)nc1N. The zero-order valence-corrected chi connectivity index (χ0v) is 9.99. The van der Waals surface area contributed by atoms with Crippen LogP contribution in [0.4, 0.5) is 10.2 Å². The summed E-state index contributed by atoms with van der Waals surface area (Å²) in [4.78, 5) is 15.2. The summed E-state index contributed by atoms with van der Waals surface area (Å²) in [5.41, 5.74) is 4.59. The van der Waals surface area contributed by atoms with E-state index in [1.807, 2.05) is 0 Å². The number of halogens is 1. The van der Waals surface area contributed by atoms with Crippen LogP contribution in [0.15, 0.2) is 17.6 Å². The Bertz CT molecular complexity index is 559. The molecule has 1 fully saturated rings. The van der Waals surface area contributed by atoms with Gasteiger partial charge >= 0.3 is 5.69 Å². The van der Waals surface area contributed by atoms with Gasteiger partial charge in [0.1, 0.15) is 24.0 Å². The first-order chi connectivity index (χ1) is 8.93. The van der Waals surface area contributed by atoms with Gasteiger partial charge in [0.2, 0.25) is 0 Å². The second kappa shape index (κ2) is 5.08. The van der Waals surface area contributed by atoms with Crippen molar-refractivity contribution >= 4 is 11.6 Å². The lowest BCUT2D eigenvalue weighted by atomic mass is 10.2. The van der Waals surface area contributed by atoms with Crippen LogP contribution >= 0.6 is 0 Å². The van der Waals surface area contributed by atoms with Crippen LogP contribution in [0.25, 0.3) is 5.83 Å². The summed E-state index contributed by atoms with van der Waals surface area (Å²) in [5.74, 6) is -1.08. The largest absolute Gasteiger partial charge is 0.394 e. The molecule has 0 radical (unpaired) electrons. The summed E-state index contributed by atoms with van der Waals surface area (Å²) >= 11 is 0. The molecule has 1 aromatic heterocycles. The van der Waals surface area contributed by atoms with E-state index < -0.39 is 30.0 Å². The summed E-state index contributed by atoms with van der Waals surface area (Å²) in [7, 11) is 0. The molecule has 1 saturated heterocycles. The number of aliphatic hydroxyl groups is 2. The summed E-state index contributed by atoms with van der Waals surface area (Å²) < 4.78 is 19.5. The van der Waals surface area contributed by atoms with Gasteiger partial charge in [0.15, 0.2) is 0 Å². The minimum absolute atomic E-state index is 0.0922. The summed E-state index contributed by atoms with van der Waals surface area (Å²) in [5, 5.41) is 18.6. The number of aliphatic hydroxyl groups excluding tert-OH is 2. The van der Waals surface area contributed by atoms with Gasteiger partial charge in [0.05, 0.1) is 18.3 Å². The summed E-state index contributed by atoms with van der Waals surface area (Å²) in [6.07, 6.45) is -1.28. The summed E-state index contributed by atoms with van der Waals surface area (Å²) in [6.45, 7) is 2.72. The van der Waals surface area contributed by atoms with Gasteiger partial charge in [0, 0.05) is 12.6 Å². The molecule has 1 aliphatic heterocycles. The molecule has 1 aliphatic rings. The van der Waals surface area contributed by atoms with Gasteiger partial charge in [0.25, 0.3) is 0 Å². The monoisotopic (exact) mass is 271 g/mol. The van der Waals surface area contributed by atoms with Gasteiger partial charge < -0.3 is 20.7 Å². The molecule has 0 aromatic carbocycles. The van der Waals surface area contributed by atoms with Crippen molar-refractivity contribution in [3.63, 3.8) is 0 Å². The average molecular weight is 271 g/mol. The van der Waals surface area contributed by atoms with Gasteiger partial charge in [-0.2, -0.15) is 4.98 Å². The van der Waals surface area contributed by atoms with Gasteiger partial charge in [-0.1, -0.05) is 6.58 Å². The third-order valence-electron chi connectivity index (χ3n) is 2.97. The molecule has 2 rings (SSSR count). The predicted molar refractivity (Wildman–Crippen MR) is 64.7 cm³/mol. The van der Waals surface area contributed by atoms with Gasteiger partial charge in [-0.25, -0.2) is 9.18 Å². The molecule has 0 aliphatic carbocycles. The molecule has 3 atom stereocenters. The Labute approximate surface area is 107 Å². The van der Waals surface area contributed by atoms with E-state index in [1.54, 1.807) is 0 Å². The van der Waals surface area contributed by atoms with Gasteiger partial charge in [-0.05, 0) is 0 Å². The van der Waals surface area contributed by atoms with E-state index >= 15 is 0 Å². The minimum atomic E-state index is -0.906. The van der Waals surface area contributed by atoms with Crippen LogP contribution in [0.1, 0.15) is 18.2 Å². The number of anilines is 1. The van der Waals surface area contributed by atoms with E-state index in [4.69, 9.17) is 15.6 Å². The van der Waals surface area contributed by atoms with Crippen molar-refractivity contribution in [1.82, 2.24) is 9.55 Å². The van der Waals surface area contributed by atoms with Crippen LogP contribution in [-0.2, 0) is 4.74 Å². The first-order valence-electron chi connectivity index (χ1n) is 5.62. The molecule has 19 heavy (non-hydrogen) atoms. The molecular formula is C11H14FN3O4. The first kappa shape index (κ1) is 13.7. The van der Waals surface area contributed by atoms with E-state index in [-0.39, 0.29) is 24.4 Å². The molecule has 7 nitrogen and oxygen atoms in total. The molecular weight excluding hydrogens is 257 g/mol. The fraction of sp³-hybridized carbons (Fsp3) is 0.455. The molecule has 0 spiro atoms. The highest BCUT2D eigenvalue weighted by Gasteiger charge is 2.35. The van der Waals surface area contributed by atoms with Crippen LogP contribution < -0.4 is 11.4 Å². The third-order valence-corrected chi connectivity index (χ3v) is 2.97. The second-order valence-corrected chi connectivity index (χ2v) is 4.25. The molecule has 8 heteroatoms. The maximum atomic E-state index is 13.2. The lowest BCUT2D eigenvalue weighted by Crippen LogP contribution is -2.29. The van der Waals surface area contributed by atoms with Crippen molar-refractivity contribution < 1.29 is 19.3 Å². The molecule has 1 aromatic rings. The van der Waals surface area contributed by atoms with Crippen molar-refractivity contribution in [3.05, 3.63) is 28.8 Å². The zero-order valence-electron chi connectivity index (χ0n) is 9.99. The Kier molecular flexibility index (Phi) is 3.65. The summed E-state index contributed by atoms with van der Waals surface area (Å²) in [6, 6.07) is 0. The maximum Gasteiger partial charge on any atom is 0.351 e. The maximum absolute atomic E-state index is 13.2. The van der Waals surface area contributed by atoms with E-state index in [2.05, 4.69) is 11.6 Å². The Morgan fingerprint density at radius 1 is 1.74 bits per heavy atom. The zero-order chi connectivity index (χ0) is 14.2. The Morgan fingerprint density at radius 2 is 2.42 bits per heavy atom. The Hall–Kier alpha value is -1.77. The predicted octanol–water partition coefficient (Wildman–Crippen LogP) is -0.594. The number of hydrogen-bond acceptors (Lipinski definition) is 6. The highest BCUT2D eigenvalue weighted by molar-refractivity contribution is 5.65. The van der Waals surface area contributed by atoms with Crippen LogP contribution in [-0.4, -0.2) is 38.6 Å². The highest BCUT2D eigenvalue weighted by Crippen LogP contribution is 2.28. The number of nitrogens with zero attached hydrogens (tertiary/aromatic N) is 2. The van der Waals surface area contributed by atoms with Crippen molar-refractivity contribution in [2.45, 2.75) is 24.9 Å². The van der Waals surface area contributed by atoms with Gasteiger partial charge in [-0.3, -0.25) is 4.57 Å². The third kappa shape index (κ3) is 2.50. The molecule has 0 amide bonds. The average Bonchev–Trinajstić information content (AvgIpc) is 2.69. The molecule has 4 N–H and O–H groups in total. The van der Waals surface area contributed by atoms with Crippen molar-refractivity contribution in [3.8, 4) is 0 Å². The lowest BCUT2D eigenvalue weighted by Gasteiger charge is -2.15. The molecule has 2 heterocycles. The Balaban J connectivity index is 2.38. The fourth-order valence-corrected chi connectivity index (χ4v) is 1.95. The van der Waals surface area contributed by atoms with Crippen molar-refractivity contribution in [2.75, 3.05) is 12.3 Å². The first-order valence-corrected chi connectivity index (χ1v) is 5.62. The van der Waals surface area contributed by atoms with Crippen LogP contribution in [0.5, 0.6) is 0 Å². The van der Waals surface area contributed by atoms with Crippen LogP contribution in [0, 0.1) is 0 Å². The van der Waals surface area contributed by atoms with E-state index in [0.717, 1.165) is 10.8 Å². The van der Waals surface area contributed by atoms with Gasteiger partial charge in [-0.15, -0.1) is 0 Å². The fourth-order valence-electron chi connectivity index (χ4n) is 1.95. The molecule has 0 unspecified atom stereocenters. The topological polar surface area (TPSA) is 111 Å².